The fourth-order valence-corrected chi connectivity index (χ4v) is 3.42. The van der Waals surface area contributed by atoms with Crippen LogP contribution >= 0.6 is 11.6 Å². The first-order chi connectivity index (χ1) is 10.5. The number of halogens is 2. The van der Waals surface area contributed by atoms with E-state index in [0.717, 1.165) is 23.4 Å². The highest BCUT2D eigenvalue weighted by atomic mass is 35.5. The molecule has 110 valence electrons. The van der Waals surface area contributed by atoms with E-state index in [4.69, 9.17) is 11.6 Å². The van der Waals surface area contributed by atoms with E-state index in [9.17, 15) is 19.3 Å². The molecule has 2 aromatic rings. The van der Waals surface area contributed by atoms with E-state index < -0.39 is 16.4 Å². The highest BCUT2D eigenvalue weighted by molar-refractivity contribution is 6.30. The van der Waals surface area contributed by atoms with Crippen LogP contribution in [0.3, 0.4) is 0 Å². The van der Waals surface area contributed by atoms with E-state index in [1.54, 1.807) is 23.1 Å². The van der Waals surface area contributed by atoms with Crippen molar-refractivity contribution in [1.29, 1.82) is 0 Å². The molecule has 0 radical (unpaired) electrons. The van der Waals surface area contributed by atoms with Gasteiger partial charge in [-0.05, 0) is 41.8 Å². The van der Waals surface area contributed by atoms with Gasteiger partial charge in [0, 0.05) is 16.8 Å². The number of rotatable bonds is 1. The largest absolute Gasteiger partial charge is 0.305 e. The number of anilines is 1. The lowest BCUT2D eigenvalue weighted by molar-refractivity contribution is -0.387. The Bertz CT molecular complexity index is 868. The third kappa shape index (κ3) is 1.61. The Morgan fingerprint density at radius 1 is 1.32 bits per heavy atom. The maximum atomic E-state index is 13.9. The van der Waals surface area contributed by atoms with Gasteiger partial charge < -0.3 is 4.90 Å². The second kappa shape index (κ2) is 4.27. The van der Waals surface area contributed by atoms with Crippen LogP contribution in [0.15, 0.2) is 30.3 Å². The van der Waals surface area contributed by atoms with Crippen molar-refractivity contribution in [3.63, 3.8) is 0 Å². The van der Waals surface area contributed by atoms with Crippen LogP contribution in [0.25, 0.3) is 0 Å². The van der Waals surface area contributed by atoms with Gasteiger partial charge in [-0.2, -0.15) is 4.39 Å². The smallest absolute Gasteiger partial charge is 0.300 e. The molecule has 2 aliphatic heterocycles. The van der Waals surface area contributed by atoms with Crippen molar-refractivity contribution in [2.45, 2.75) is 12.5 Å². The number of amides is 1. The minimum atomic E-state index is -0.924. The molecule has 1 atom stereocenters. The predicted molar refractivity (Wildman–Crippen MR) is 77.8 cm³/mol. The number of hydrogen-bond donors (Lipinski definition) is 0. The maximum absolute atomic E-state index is 13.9. The molecule has 2 aromatic carbocycles. The van der Waals surface area contributed by atoms with Gasteiger partial charge in [0.1, 0.15) is 0 Å². The number of nitrogens with zero attached hydrogens (tertiary/aromatic N) is 2. The first-order valence-electron chi connectivity index (χ1n) is 6.57. The fraction of sp³-hybridized carbons (Fsp3) is 0.133. The third-order valence-corrected chi connectivity index (χ3v) is 4.38. The standard InChI is InChI=1S/C15H8ClFN2O3/c16-8-1-2-12-7(3-8)4-13-9-5-11(17)14(19(21)22)6-10(9)15(20)18(12)13/h1-3,5-6,13H,4H2. The molecule has 0 saturated heterocycles. The minimum Gasteiger partial charge on any atom is -0.300 e. The molecule has 0 aromatic heterocycles. The molecule has 2 aliphatic rings. The summed E-state index contributed by atoms with van der Waals surface area (Å²) < 4.78 is 13.9. The van der Waals surface area contributed by atoms with E-state index in [2.05, 4.69) is 0 Å². The Hall–Kier alpha value is -2.47. The molecule has 0 bridgehead atoms. The summed E-state index contributed by atoms with van der Waals surface area (Å²) in [6.45, 7) is 0. The van der Waals surface area contributed by atoms with Crippen molar-refractivity contribution < 1.29 is 14.1 Å². The Kier molecular flexibility index (Phi) is 2.56. The van der Waals surface area contributed by atoms with Gasteiger partial charge in [0.25, 0.3) is 5.91 Å². The number of benzene rings is 2. The summed E-state index contributed by atoms with van der Waals surface area (Å²) in [7, 11) is 0. The van der Waals surface area contributed by atoms with Gasteiger partial charge in [-0.15, -0.1) is 0 Å². The second-order valence-corrected chi connectivity index (χ2v) is 5.75. The molecule has 2 heterocycles. The number of fused-ring (bicyclic) bond motifs is 5. The fourth-order valence-electron chi connectivity index (χ4n) is 3.23. The van der Waals surface area contributed by atoms with Crippen molar-refractivity contribution >= 4 is 28.9 Å². The second-order valence-electron chi connectivity index (χ2n) is 5.32. The van der Waals surface area contributed by atoms with Crippen LogP contribution in [0.5, 0.6) is 0 Å². The van der Waals surface area contributed by atoms with Crippen molar-refractivity contribution in [1.82, 2.24) is 0 Å². The zero-order valence-corrected chi connectivity index (χ0v) is 11.8. The first-order valence-corrected chi connectivity index (χ1v) is 6.95. The van der Waals surface area contributed by atoms with Crippen molar-refractivity contribution in [2.75, 3.05) is 4.90 Å². The molecule has 1 amide bonds. The van der Waals surface area contributed by atoms with E-state index in [1.807, 2.05) is 0 Å². The van der Waals surface area contributed by atoms with Gasteiger partial charge in [-0.1, -0.05) is 11.6 Å². The van der Waals surface area contributed by atoms with E-state index in [1.165, 1.54) is 0 Å². The molecule has 0 aliphatic carbocycles. The van der Waals surface area contributed by atoms with E-state index in [0.29, 0.717) is 17.0 Å². The molecule has 0 N–H and O–H groups in total. The summed E-state index contributed by atoms with van der Waals surface area (Å²) in [5.74, 6) is -1.27. The van der Waals surface area contributed by atoms with Gasteiger partial charge in [0.15, 0.2) is 0 Å². The predicted octanol–water partition coefficient (Wildman–Crippen LogP) is 3.64. The number of nitro benzene ring substituents is 1. The molecular weight excluding hydrogens is 311 g/mol. The Morgan fingerprint density at radius 3 is 2.82 bits per heavy atom. The summed E-state index contributed by atoms with van der Waals surface area (Å²) in [4.78, 5) is 24.1. The molecule has 0 spiro atoms. The lowest BCUT2D eigenvalue weighted by Crippen LogP contribution is -2.23. The molecule has 22 heavy (non-hydrogen) atoms. The highest BCUT2D eigenvalue weighted by Crippen LogP contribution is 2.48. The van der Waals surface area contributed by atoms with E-state index in [-0.39, 0.29) is 17.5 Å². The van der Waals surface area contributed by atoms with Crippen LogP contribution in [0.4, 0.5) is 15.8 Å². The molecule has 7 heteroatoms. The molecule has 1 unspecified atom stereocenters. The SMILES string of the molecule is O=C1c2cc([N+](=O)[O-])c(F)cc2C2Cc3cc(Cl)ccc3N12. The molecule has 0 fully saturated rings. The van der Waals surface area contributed by atoms with Crippen LogP contribution in [0.1, 0.15) is 27.5 Å². The van der Waals surface area contributed by atoms with Crippen molar-refractivity contribution in [3.05, 3.63) is 68.0 Å². The number of carbonyl (C=O) groups is 1. The zero-order chi connectivity index (χ0) is 15.6. The van der Waals surface area contributed by atoms with Crippen molar-refractivity contribution in [2.24, 2.45) is 0 Å². The van der Waals surface area contributed by atoms with Gasteiger partial charge >= 0.3 is 5.69 Å². The van der Waals surface area contributed by atoms with Gasteiger partial charge in [-0.3, -0.25) is 14.9 Å². The minimum absolute atomic E-state index is 0.193. The number of nitro groups is 1. The van der Waals surface area contributed by atoms with Gasteiger partial charge in [0.2, 0.25) is 5.82 Å². The Labute approximate surface area is 129 Å². The monoisotopic (exact) mass is 318 g/mol. The number of hydrogen-bond acceptors (Lipinski definition) is 3. The number of carbonyl (C=O) groups excluding carboxylic acids is 1. The first kappa shape index (κ1) is 13.2. The normalized spacial score (nSPS) is 18.2. The summed E-state index contributed by atoms with van der Waals surface area (Å²) >= 11 is 5.96. The summed E-state index contributed by atoms with van der Waals surface area (Å²) in [6.07, 6.45) is 0.520. The third-order valence-electron chi connectivity index (χ3n) is 4.15. The average molecular weight is 319 g/mol. The van der Waals surface area contributed by atoms with Crippen LogP contribution < -0.4 is 4.90 Å². The Morgan fingerprint density at radius 2 is 2.09 bits per heavy atom. The quantitative estimate of drug-likeness (QED) is 0.595. The summed E-state index contributed by atoms with van der Waals surface area (Å²) in [5, 5.41) is 11.4. The van der Waals surface area contributed by atoms with Crippen LogP contribution in [0.2, 0.25) is 5.02 Å². The average Bonchev–Trinajstić information content (AvgIpc) is 2.94. The van der Waals surface area contributed by atoms with Crippen molar-refractivity contribution in [3.8, 4) is 0 Å². The lowest BCUT2D eigenvalue weighted by Gasteiger charge is -2.16. The van der Waals surface area contributed by atoms with E-state index >= 15 is 0 Å². The van der Waals surface area contributed by atoms with Crippen LogP contribution in [-0.2, 0) is 6.42 Å². The maximum Gasteiger partial charge on any atom is 0.305 e. The molecular formula is C15H8ClFN2O3. The Balaban J connectivity index is 1.88. The lowest BCUT2D eigenvalue weighted by atomic mass is 9.99. The van der Waals surface area contributed by atoms with Crippen LogP contribution in [0, 0.1) is 15.9 Å². The molecule has 0 saturated carbocycles. The summed E-state index contributed by atoms with van der Waals surface area (Å²) in [6, 6.07) is 7.01. The van der Waals surface area contributed by atoms with Gasteiger partial charge in [0.05, 0.1) is 16.5 Å². The topological polar surface area (TPSA) is 63.4 Å². The van der Waals surface area contributed by atoms with Crippen LogP contribution in [-0.4, -0.2) is 10.8 Å². The zero-order valence-electron chi connectivity index (χ0n) is 11.0. The molecule has 4 rings (SSSR count). The summed E-state index contributed by atoms with van der Waals surface area (Å²) in [5.41, 5.74) is 1.64. The van der Waals surface area contributed by atoms with Gasteiger partial charge in [-0.25, -0.2) is 0 Å². The molecule has 5 nitrogen and oxygen atoms in total. The highest BCUT2D eigenvalue weighted by Gasteiger charge is 2.44.